The Bertz CT molecular complexity index is 1490. The summed E-state index contributed by atoms with van der Waals surface area (Å²) in [4.78, 5) is 59.5. The molecule has 0 N–H and O–H groups in total. The summed E-state index contributed by atoms with van der Waals surface area (Å²) >= 11 is 0. The zero-order valence-electron chi connectivity index (χ0n) is 20.7. The van der Waals surface area contributed by atoms with Crippen LogP contribution in [0.15, 0.2) is 53.7 Å². The Labute approximate surface area is 212 Å². The Kier molecular flexibility index (Phi) is 5.94. The third-order valence-corrected chi connectivity index (χ3v) is 6.49. The first-order valence-corrected chi connectivity index (χ1v) is 11.8. The van der Waals surface area contributed by atoms with Crippen molar-refractivity contribution in [2.24, 2.45) is 11.1 Å². The van der Waals surface area contributed by atoms with Crippen molar-refractivity contribution in [2.75, 3.05) is 11.5 Å². The molecule has 37 heavy (non-hydrogen) atoms. The molecule has 0 unspecified atom stereocenters. The number of Topliss-reactive ketones (excluding diaryl/α,β-unsaturated/α-hetero) is 1. The molecule has 188 valence electrons. The summed E-state index contributed by atoms with van der Waals surface area (Å²) in [5.74, 6) is -3.97. The van der Waals surface area contributed by atoms with Crippen molar-refractivity contribution in [1.82, 2.24) is 9.78 Å². The summed E-state index contributed by atoms with van der Waals surface area (Å²) in [5, 5.41) is 8.22. The molecule has 1 aromatic heterocycles. The first kappa shape index (κ1) is 24.1. The normalized spacial score (nSPS) is 18.5. The zero-order valence-corrected chi connectivity index (χ0v) is 20.7. The van der Waals surface area contributed by atoms with Crippen LogP contribution in [-0.2, 0) is 19.2 Å². The molecular weight excluding hydrogens is 476 g/mol. The second-order valence-corrected chi connectivity index (χ2v) is 8.88. The molecule has 10 nitrogen and oxygen atoms in total. The molecule has 0 radical (unpaired) electrons. The number of fused-ring (bicyclic) bond motifs is 1. The van der Waals surface area contributed by atoms with Gasteiger partial charge in [0.15, 0.2) is 5.69 Å². The highest BCUT2D eigenvalue weighted by Gasteiger charge is 2.58. The zero-order chi connectivity index (χ0) is 26.4. The van der Waals surface area contributed by atoms with Gasteiger partial charge in [0, 0.05) is 0 Å². The average Bonchev–Trinajstić information content (AvgIpc) is 3.53. The van der Waals surface area contributed by atoms with E-state index < -0.39 is 35.6 Å². The average molecular weight is 501 g/mol. The maximum atomic E-state index is 13.8. The molecule has 0 saturated carbocycles. The van der Waals surface area contributed by atoms with Crippen LogP contribution in [-0.4, -0.2) is 51.8 Å². The molecule has 3 aromatic rings. The van der Waals surface area contributed by atoms with Crippen molar-refractivity contribution in [3.05, 3.63) is 76.6 Å². The van der Waals surface area contributed by atoms with Crippen molar-refractivity contribution < 1.29 is 28.8 Å². The van der Waals surface area contributed by atoms with Gasteiger partial charge in [-0.2, -0.15) is 5.10 Å². The Hall–Kier alpha value is -4.60. The molecule has 1 saturated heterocycles. The van der Waals surface area contributed by atoms with Crippen LogP contribution in [0.25, 0.3) is 5.69 Å². The van der Waals surface area contributed by atoms with Crippen LogP contribution in [0.5, 0.6) is 0 Å². The molecule has 2 amide bonds. The minimum atomic E-state index is -1.26. The minimum Gasteiger partial charge on any atom is -0.461 e. The molecule has 0 aliphatic carbocycles. The fraction of sp³-hybridized carbons (Fsp3) is 0.259. The Morgan fingerprint density at radius 2 is 1.70 bits per heavy atom. The van der Waals surface area contributed by atoms with Crippen molar-refractivity contribution in [3.63, 3.8) is 0 Å². The topological polar surface area (TPSA) is 120 Å². The van der Waals surface area contributed by atoms with E-state index in [1.54, 1.807) is 45.0 Å². The predicted octanol–water partition coefficient (Wildman–Crippen LogP) is 3.10. The lowest BCUT2D eigenvalue weighted by Gasteiger charge is -2.17. The molecule has 0 spiro atoms. The summed E-state index contributed by atoms with van der Waals surface area (Å²) in [5.41, 5.74) is 2.63. The van der Waals surface area contributed by atoms with Crippen LogP contribution in [0.1, 0.15) is 44.6 Å². The number of carbonyl (C=O) groups is 4. The number of oxime groups is 1. The summed E-state index contributed by atoms with van der Waals surface area (Å²) in [6.45, 7) is 7.08. The number of carbonyl (C=O) groups excluding carboxylic acids is 4. The van der Waals surface area contributed by atoms with Crippen LogP contribution in [0.2, 0.25) is 0 Å². The van der Waals surface area contributed by atoms with Crippen molar-refractivity contribution in [1.29, 1.82) is 0 Å². The lowest BCUT2D eigenvalue weighted by molar-refractivity contribution is -0.126. The number of imide groups is 1. The lowest BCUT2D eigenvalue weighted by atomic mass is 9.92. The molecule has 2 aliphatic heterocycles. The van der Waals surface area contributed by atoms with Gasteiger partial charge < -0.3 is 9.57 Å². The van der Waals surface area contributed by atoms with Crippen LogP contribution >= 0.6 is 0 Å². The monoisotopic (exact) mass is 500 g/mol. The summed E-state index contributed by atoms with van der Waals surface area (Å²) in [7, 11) is 0. The van der Waals surface area contributed by atoms with Gasteiger partial charge in [-0.05, 0) is 51.5 Å². The number of anilines is 1. The van der Waals surface area contributed by atoms with Crippen molar-refractivity contribution in [2.45, 2.75) is 33.8 Å². The van der Waals surface area contributed by atoms with E-state index in [0.29, 0.717) is 22.6 Å². The van der Waals surface area contributed by atoms with Gasteiger partial charge in [0.05, 0.1) is 29.2 Å². The Morgan fingerprint density at radius 1 is 1.00 bits per heavy atom. The summed E-state index contributed by atoms with van der Waals surface area (Å²) in [6.07, 6.45) is -1.26. The number of nitrogens with zero attached hydrogens (tertiary/aromatic N) is 4. The van der Waals surface area contributed by atoms with E-state index >= 15 is 0 Å². The number of hydrogen-bond donors (Lipinski definition) is 0. The number of aryl methyl sites for hydroxylation is 2. The lowest BCUT2D eigenvalue weighted by Crippen LogP contribution is -2.35. The molecular formula is C27H24N4O6. The van der Waals surface area contributed by atoms with Crippen LogP contribution < -0.4 is 4.90 Å². The molecule has 3 heterocycles. The van der Waals surface area contributed by atoms with Gasteiger partial charge in [0.1, 0.15) is 11.6 Å². The number of hydrogen-bond acceptors (Lipinski definition) is 8. The second-order valence-electron chi connectivity index (χ2n) is 8.88. The Morgan fingerprint density at radius 3 is 2.38 bits per heavy atom. The number of para-hydroxylation sites is 1. The van der Waals surface area contributed by atoms with E-state index in [0.717, 1.165) is 10.5 Å². The number of rotatable bonds is 6. The third kappa shape index (κ3) is 3.81. The van der Waals surface area contributed by atoms with Gasteiger partial charge in [-0.1, -0.05) is 41.1 Å². The number of ketones is 1. The highest BCUT2D eigenvalue weighted by atomic mass is 16.7. The van der Waals surface area contributed by atoms with Gasteiger partial charge in [0.2, 0.25) is 17.8 Å². The largest absolute Gasteiger partial charge is 0.461 e. The molecule has 10 heteroatoms. The van der Waals surface area contributed by atoms with Gasteiger partial charge in [-0.3, -0.25) is 14.4 Å². The molecule has 2 atom stereocenters. The number of aromatic nitrogens is 2. The van der Waals surface area contributed by atoms with Crippen LogP contribution in [0, 0.1) is 26.7 Å². The van der Waals surface area contributed by atoms with Crippen molar-refractivity contribution in [3.8, 4) is 5.69 Å². The fourth-order valence-corrected chi connectivity index (χ4v) is 4.60. The summed E-state index contributed by atoms with van der Waals surface area (Å²) < 4.78 is 6.62. The van der Waals surface area contributed by atoms with E-state index in [4.69, 9.17) is 9.57 Å². The fourth-order valence-electron chi connectivity index (χ4n) is 4.60. The summed E-state index contributed by atoms with van der Waals surface area (Å²) in [6, 6.07) is 14.3. The minimum absolute atomic E-state index is 0.0587. The van der Waals surface area contributed by atoms with E-state index in [9.17, 15) is 19.2 Å². The highest BCUT2D eigenvalue weighted by Crippen LogP contribution is 2.36. The third-order valence-electron chi connectivity index (χ3n) is 6.49. The maximum Gasteiger partial charge on any atom is 0.359 e. The standard InChI is InChI=1S/C27H24N4O6/c1-5-36-27(35)22-19(16(4)31(28-22)17-12-10-14(2)11-13-17)23(32)21-20-24(37-29-21)26(34)30(25(20)33)18-9-7-6-8-15(18)3/h6-13,20,24H,5H2,1-4H3/t20-,24+/m1/s1. The molecule has 1 fully saturated rings. The Balaban J connectivity index is 1.56. The van der Waals surface area contributed by atoms with E-state index in [-0.39, 0.29) is 23.6 Å². The van der Waals surface area contributed by atoms with Gasteiger partial charge in [-0.25, -0.2) is 14.4 Å². The molecule has 2 aliphatic rings. The molecule has 2 aromatic carbocycles. The molecule has 0 bridgehead atoms. The first-order valence-electron chi connectivity index (χ1n) is 11.8. The van der Waals surface area contributed by atoms with Crippen LogP contribution in [0.3, 0.4) is 0 Å². The number of esters is 1. The number of ether oxygens (including phenoxy) is 1. The van der Waals surface area contributed by atoms with E-state index in [2.05, 4.69) is 10.3 Å². The number of amides is 2. The maximum absolute atomic E-state index is 13.8. The van der Waals surface area contributed by atoms with Gasteiger partial charge in [-0.15, -0.1) is 0 Å². The predicted molar refractivity (Wildman–Crippen MR) is 133 cm³/mol. The highest BCUT2D eigenvalue weighted by molar-refractivity contribution is 6.53. The van der Waals surface area contributed by atoms with Crippen LogP contribution in [0.4, 0.5) is 5.69 Å². The van der Waals surface area contributed by atoms with Gasteiger partial charge in [0.25, 0.3) is 5.91 Å². The number of benzene rings is 2. The second kappa shape index (κ2) is 9.12. The SMILES string of the molecule is CCOC(=O)c1nn(-c2ccc(C)cc2)c(C)c1C(=O)C1=NO[C@@H]2C(=O)N(c3ccccc3C)C(=O)[C@H]12. The van der Waals surface area contributed by atoms with Gasteiger partial charge >= 0.3 is 5.97 Å². The quantitative estimate of drug-likeness (QED) is 0.290. The van der Waals surface area contributed by atoms with E-state index in [1.807, 2.05) is 31.2 Å². The van der Waals surface area contributed by atoms with E-state index in [1.165, 1.54) is 4.68 Å². The first-order chi connectivity index (χ1) is 17.7. The van der Waals surface area contributed by atoms with Crippen molar-refractivity contribution >= 4 is 35.0 Å². The smallest absolute Gasteiger partial charge is 0.359 e. The molecule has 5 rings (SSSR count).